The van der Waals surface area contributed by atoms with E-state index in [1.807, 2.05) is 54.5 Å². The number of aliphatic hydroxyl groups excluding tert-OH is 1. The first-order chi connectivity index (χ1) is 42.7. The molecule has 92 heavy (non-hydrogen) atoms. The standard InChI is InChI=1S/C69H121N9O14/c1-25-27-28-45(13)61(82)60-62(83)70-50(26-2)66(87)71(17)48(16)64(85)76(22)59(57(91-24)39-78-29-31-92-32-30-78)56(81)38-49(43(9)10)65(86)72(18)51(33-40(3)4)55(80)36-46(14)54(79)37-47(15)63(84)73(19)52(34-41(5)6)67(88)74(20)53(35-42(7)8)68(89)75(21)58(44(11)12)69(90)77(60)23/h25,27,40-53,57-61,82H,26,28-39H2,1-24H3,(H,70,83)/b27-25+/t45-,46-,47+,48-,49+,50+,51+,52+,53+,57-,58+,59-,60+,61-/m1/s1. The maximum Gasteiger partial charge on any atom is 0.246 e. The molecule has 2 aliphatic heterocycles. The van der Waals surface area contributed by atoms with Crippen molar-refractivity contribution in [2.45, 2.75) is 223 Å². The number of hydrogen-bond acceptors (Lipinski definition) is 15. The molecule has 2 heterocycles. The molecule has 0 aromatic rings. The zero-order valence-corrected chi connectivity index (χ0v) is 60.6. The van der Waals surface area contributed by atoms with E-state index in [1.165, 1.54) is 92.8 Å². The van der Waals surface area contributed by atoms with Crippen LogP contribution in [0.1, 0.15) is 162 Å². The zero-order chi connectivity index (χ0) is 70.7. The Hall–Kier alpha value is -5.65. The molecule has 2 rings (SSSR count). The van der Waals surface area contributed by atoms with E-state index < -0.39 is 149 Å². The number of amides is 8. The van der Waals surface area contributed by atoms with Gasteiger partial charge in [0.1, 0.15) is 48.1 Å². The maximum absolute atomic E-state index is 15.3. The van der Waals surface area contributed by atoms with E-state index in [0.29, 0.717) is 32.7 Å². The number of ether oxygens (including phenoxy) is 2. The van der Waals surface area contributed by atoms with Crippen molar-refractivity contribution in [3.05, 3.63) is 12.2 Å². The van der Waals surface area contributed by atoms with Gasteiger partial charge in [-0.2, -0.15) is 0 Å². The zero-order valence-electron chi connectivity index (χ0n) is 60.6. The van der Waals surface area contributed by atoms with Gasteiger partial charge in [0, 0.05) is 113 Å². The van der Waals surface area contributed by atoms with Gasteiger partial charge in [0.05, 0.1) is 31.5 Å². The summed E-state index contributed by atoms with van der Waals surface area (Å²) in [6, 6.07) is -10.00. The molecule has 0 aliphatic carbocycles. The largest absolute Gasteiger partial charge is 0.390 e. The first kappa shape index (κ1) is 82.4. The molecule has 23 nitrogen and oxygen atoms in total. The lowest BCUT2D eigenvalue weighted by molar-refractivity contribution is -0.157. The molecule has 2 fully saturated rings. The Kier molecular flexibility index (Phi) is 34.1. The molecular formula is C69H121N9O14. The number of Topliss-reactive ketones (excluding diaryl/α,β-unsaturated/α-hetero) is 3. The second-order valence-corrected chi connectivity index (χ2v) is 28.4. The summed E-state index contributed by atoms with van der Waals surface area (Å²) in [5.41, 5.74) is 0. The number of hydrogen-bond donors (Lipinski definition) is 2. The molecular weight excluding hydrogens is 1180 g/mol. The monoisotopic (exact) mass is 1300 g/mol. The molecule has 2 aliphatic rings. The highest BCUT2D eigenvalue weighted by atomic mass is 16.5. The lowest BCUT2D eigenvalue weighted by atomic mass is 9.84. The first-order valence-electron chi connectivity index (χ1n) is 33.6. The Morgan fingerprint density at radius 1 is 0.533 bits per heavy atom. The van der Waals surface area contributed by atoms with Crippen molar-refractivity contribution in [2.75, 3.05) is 89.3 Å². The Morgan fingerprint density at radius 2 is 1.00 bits per heavy atom. The lowest BCUT2D eigenvalue weighted by Crippen LogP contribution is -2.64. The number of carbonyl (C=O) groups excluding carboxylic acids is 11. The van der Waals surface area contributed by atoms with Crippen LogP contribution in [0.15, 0.2) is 12.2 Å². The molecule has 23 heteroatoms. The molecule has 8 amide bonds. The van der Waals surface area contributed by atoms with Crippen molar-refractivity contribution < 1.29 is 67.3 Å². The molecule has 0 bridgehead atoms. The Labute approximate surface area is 551 Å². The second kappa shape index (κ2) is 38.0. The molecule has 0 saturated carbocycles. The summed E-state index contributed by atoms with van der Waals surface area (Å²) < 4.78 is 11.7. The van der Waals surface area contributed by atoms with E-state index in [1.54, 1.807) is 61.5 Å². The number of rotatable bonds is 17. The van der Waals surface area contributed by atoms with Crippen LogP contribution in [-0.4, -0.2) is 259 Å². The number of nitrogens with one attached hydrogen (secondary N) is 1. The van der Waals surface area contributed by atoms with E-state index >= 15 is 33.6 Å². The average molecular weight is 1300 g/mol. The molecule has 0 radical (unpaired) electrons. The van der Waals surface area contributed by atoms with Crippen LogP contribution >= 0.6 is 0 Å². The molecule has 2 saturated heterocycles. The van der Waals surface area contributed by atoms with Gasteiger partial charge in [0.15, 0.2) is 11.6 Å². The molecule has 0 spiro atoms. The molecule has 2 N–H and O–H groups in total. The number of carbonyl (C=O) groups is 11. The number of nitrogens with zero attached hydrogens (tertiary/aromatic N) is 8. The highest BCUT2D eigenvalue weighted by Crippen LogP contribution is 2.29. The van der Waals surface area contributed by atoms with Crippen molar-refractivity contribution >= 4 is 64.6 Å². The quantitative estimate of drug-likeness (QED) is 0.177. The van der Waals surface area contributed by atoms with Crippen molar-refractivity contribution in [1.29, 1.82) is 0 Å². The van der Waals surface area contributed by atoms with Gasteiger partial charge < -0.3 is 54.2 Å². The van der Waals surface area contributed by atoms with E-state index in [2.05, 4.69) is 10.2 Å². The van der Waals surface area contributed by atoms with E-state index in [0.717, 1.165) is 4.90 Å². The minimum atomic E-state index is -1.63. The highest BCUT2D eigenvalue weighted by Gasteiger charge is 2.47. The lowest BCUT2D eigenvalue weighted by Gasteiger charge is -2.41. The fraction of sp³-hybridized carbons (Fsp3) is 0.812. The average Bonchev–Trinajstić information content (AvgIpc) is 0.971. The minimum absolute atomic E-state index is 0.00283. The van der Waals surface area contributed by atoms with Gasteiger partial charge in [-0.05, 0) is 81.5 Å². The van der Waals surface area contributed by atoms with Crippen molar-refractivity contribution in [2.24, 2.45) is 53.3 Å². The number of morpholine rings is 1. The van der Waals surface area contributed by atoms with Crippen LogP contribution in [-0.2, 0) is 62.2 Å². The molecule has 0 aromatic carbocycles. The van der Waals surface area contributed by atoms with E-state index in [9.17, 15) is 24.3 Å². The Balaban J connectivity index is 3.07. The van der Waals surface area contributed by atoms with Crippen LogP contribution in [0.2, 0.25) is 0 Å². The van der Waals surface area contributed by atoms with Crippen molar-refractivity contribution in [1.82, 2.24) is 44.5 Å². The van der Waals surface area contributed by atoms with Crippen LogP contribution in [0.25, 0.3) is 0 Å². The van der Waals surface area contributed by atoms with Crippen LogP contribution in [0, 0.1) is 53.3 Å². The van der Waals surface area contributed by atoms with Crippen molar-refractivity contribution in [3.8, 4) is 0 Å². The molecule has 0 unspecified atom stereocenters. The summed E-state index contributed by atoms with van der Waals surface area (Å²) in [6.45, 7) is 30.4. The number of ketones is 3. The van der Waals surface area contributed by atoms with Crippen LogP contribution in [0.4, 0.5) is 0 Å². The second-order valence-electron chi connectivity index (χ2n) is 28.4. The van der Waals surface area contributed by atoms with Crippen LogP contribution < -0.4 is 5.32 Å². The fourth-order valence-electron chi connectivity index (χ4n) is 12.7. The van der Waals surface area contributed by atoms with Gasteiger partial charge in [0.25, 0.3) is 0 Å². The summed E-state index contributed by atoms with van der Waals surface area (Å²) in [6.07, 6.45) is 1.17. The third kappa shape index (κ3) is 22.2. The smallest absolute Gasteiger partial charge is 0.246 e. The summed E-state index contributed by atoms with van der Waals surface area (Å²) in [4.78, 5) is 175. The topological polar surface area (TPSA) is 264 Å². The van der Waals surface area contributed by atoms with Gasteiger partial charge in [-0.1, -0.05) is 109 Å². The first-order valence-corrected chi connectivity index (χ1v) is 33.6. The Morgan fingerprint density at radius 3 is 1.48 bits per heavy atom. The summed E-state index contributed by atoms with van der Waals surface area (Å²) in [7, 11) is 11.6. The highest BCUT2D eigenvalue weighted by molar-refractivity contribution is 6.00. The predicted octanol–water partition coefficient (Wildman–Crippen LogP) is 5.23. The van der Waals surface area contributed by atoms with Gasteiger partial charge >= 0.3 is 0 Å². The minimum Gasteiger partial charge on any atom is -0.390 e. The molecule has 526 valence electrons. The molecule has 14 atom stereocenters. The summed E-state index contributed by atoms with van der Waals surface area (Å²) >= 11 is 0. The number of methoxy groups -OCH3 is 1. The number of likely N-dealkylation sites (N-methyl/N-ethyl adjacent to an activating group) is 7. The fourth-order valence-corrected chi connectivity index (χ4v) is 12.7. The van der Waals surface area contributed by atoms with E-state index in [-0.39, 0.29) is 80.8 Å². The third-order valence-electron chi connectivity index (χ3n) is 18.9. The normalized spacial score (nSPS) is 28.3. The summed E-state index contributed by atoms with van der Waals surface area (Å²) in [5, 5.41) is 15.0. The maximum atomic E-state index is 15.3. The van der Waals surface area contributed by atoms with Gasteiger partial charge in [0.2, 0.25) is 47.3 Å². The van der Waals surface area contributed by atoms with Gasteiger partial charge in [-0.25, -0.2) is 0 Å². The van der Waals surface area contributed by atoms with Crippen LogP contribution in [0.5, 0.6) is 0 Å². The SMILES string of the molecule is C/C=C/C[C@@H](C)[C@@H](O)[C@H]1C(=O)N[C@@H](CC)C(=O)N(C)[C@H](C)C(=O)N(C)[C@@H]([C@@H](CN2CCOCC2)OC)C(=O)C[C@@H](C(C)C)C(=O)N(C)[C@@H](CC(C)C)C(=O)C[C@@H](C)C(=O)C[C@H](C)C(=O)N(C)[C@@H](CC(C)C)C(=O)N(C)[C@@H](CC(C)C)C(=O)N(C)[C@@H](C(C)C)C(=O)N1C. The Bertz CT molecular complexity index is 2520. The number of allylic oxidation sites excluding steroid dienone is 2. The van der Waals surface area contributed by atoms with E-state index in [4.69, 9.17) is 9.47 Å². The van der Waals surface area contributed by atoms with Gasteiger partial charge in [-0.3, -0.25) is 57.6 Å². The van der Waals surface area contributed by atoms with Crippen LogP contribution in [0.3, 0.4) is 0 Å². The molecule has 0 aromatic heterocycles. The van der Waals surface area contributed by atoms with Crippen molar-refractivity contribution in [3.63, 3.8) is 0 Å². The third-order valence-corrected chi connectivity index (χ3v) is 18.9. The number of aliphatic hydroxyl groups is 1. The predicted molar refractivity (Wildman–Crippen MR) is 355 cm³/mol. The van der Waals surface area contributed by atoms with Gasteiger partial charge in [-0.15, -0.1) is 0 Å². The summed E-state index contributed by atoms with van der Waals surface area (Å²) in [5.74, 6) is -11.2.